The molecule has 1 heterocycles. The molecule has 4 heteroatoms. The number of nitrogens with two attached hydrogens (primary N) is 1. The van der Waals surface area contributed by atoms with E-state index in [-0.39, 0.29) is 11.6 Å². The van der Waals surface area contributed by atoms with Gasteiger partial charge in [0.05, 0.1) is 0 Å². The minimum absolute atomic E-state index is 0.0995. The van der Waals surface area contributed by atoms with Gasteiger partial charge in [0, 0.05) is 6.07 Å². The number of anilines is 1. The molecule has 2 rings (SSSR count). The first-order valence-electron chi connectivity index (χ1n) is 5.47. The molecular weight excluding hydrogens is 216 g/mol. The standard InChI is InChI=1S/C9H12.C4H4N2O2/c1-2-6-9-7-4-3-5-8-9;5-4-6-3(7)1-2-8-4/h3-5,7-8H,2,6H2,1H3;1-2H,(H2,5,6,7). The van der Waals surface area contributed by atoms with Gasteiger partial charge < -0.3 is 10.2 Å². The van der Waals surface area contributed by atoms with Crippen molar-refractivity contribution < 1.29 is 4.42 Å². The molecule has 0 unspecified atom stereocenters. The molecule has 0 spiro atoms. The molecule has 2 N–H and O–H groups in total. The lowest BCUT2D eigenvalue weighted by Crippen LogP contribution is -2.04. The minimum Gasteiger partial charge on any atom is -0.434 e. The molecule has 0 saturated heterocycles. The second kappa shape index (κ2) is 7.22. The molecule has 0 radical (unpaired) electrons. The first-order valence-corrected chi connectivity index (χ1v) is 5.47. The lowest BCUT2D eigenvalue weighted by molar-refractivity contribution is 0.548. The van der Waals surface area contributed by atoms with Crippen molar-refractivity contribution in [1.82, 2.24) is 4.98 Å². The summed E-state index contributed by atoms with van der Waals surface area (Å²) in [4.78, 5) is 13.5. The Morgan fingerprint density at radius 2 is 1.94 bits per heavy atom. The molecule has 4 nitrogen and oxygen atoms in total. The van der Waals surface area contributed by atoms with Gasteiger partial charge in [-0.25, -0.2) is 0 Å². The highest BCUT2D eigenvalue weighted by atomic mass is 16.3. The normalized spacial score (nSPS) is 9.24. The highest BCUT2D eigenvalue weighted by molar-refractivity contribution is 5.14. The van der Waals surface area contributed by atoms with Crippen molar-refractivity contribution in [1.29, 1.82) is 0 Å². The molecule has 90 valence electrons. The van der Waals surface area contributed by atoms with Gasteiger partial charge in [-0.05, 0) is 12.0 Å². The Kier molecular flexibility index (Phi) is 5.51. The van der Waals surface area contributed by atoms with Crippen molar-refractivity contribution in [2.24, 2.45) is 0 Å². The number of hydrogen-bond acceptors (Lipinski definition) is 4. The van der Waals surface area contributed by atoms with E-state index in [0.29, 0.717) is 0 Å². The van der Waals surface area contributed by atoms with E-state index in [0.717, 1.165) is 0 Å². The Balaban J connectivity index is 0.000000171. The molecule has 0 saturated carbocycles. The zero-order valence-electron chi connectivity index (χ0n) is 9.80. The fourth-order valence-electron chi connectivity index (χ4n) is 1.27. The lowest BCUT2D eigenvalue weighted by Gasteiger charge is -1.93. The van der Waals surface area contributed by atoms with Crippen LogP contribution >= 0.6 is 0 Å². The van der Waals surface area contributed by atoms with Crippen molar-refractivity contribution in [2.45, 2.75) is 19.8 Å². The molecule has 2 aromatic rings. The van der Waals surface area contributed by atoms with Crippen molar-refractivity contribution >= 4 is 6.01 Å². The Bertz CT molecular complexity index is 480. The molecule has 0 aliphatic heterocycles. The maximum absolute atomic E-state index is 10.2. The summed E-state index contributed by atoms with van der Waals surface area (Å²) in [6, 6.07) is 11.7. The largest absolute Gasteiger partial charge is 0.434 e. The Morgan fingerprint density at radius 1 is 1.24 bits per heavy atom. The summed E-state index contributed by atoms with van der Waals surface area (Å²) in [7, 11) is 0. The minimum atomic E-state index is -0.381. The van der Waals surface area contributed by atoms with Crippen LogP contribution in [0.5, 0.6) is 0 Å². The summed E-state index contributed by atoms with van der Waals surface area (Å²) < 4.78 is 4.47. The molecule has 0 aliphatic carbocycles. The molecule has 0 fully saturated rings. The van der Waals surface area contributed by atoms with Gasteiger partial charge >= 0.3 is 0 Å². The average Bonchev–Trinajstić information content (AvgIpc) is 2.31. The number of nitrogen functional groups attached to an aromatic ring is 1. The van der Waals surface area contributed by atoms with Crippen molar-refractivity contribution in [2.75, 3.05) is 5.73 Å². The van der Waals surface area contributed by atoms with Crippen molar-refractivity contribution in [3.05, 3.63) is 58.6 Å². The van der Waals surface area contributed by atoms with Crippen LogP contribution in [-0.2, 0) is 6.42 Å². The van der Waals surface area contributed by atoms with E-state index in [1.54, 1.807) is 0 Å². The fraction of sp³-hybridized carbons (Fsp3) is 0.231. The lowest BCUT2D eigenvalue weighted by atomic mass is 10.1. The molecule has 0 amide bonds. The molecular formula is C13H16N2O2. The fourth-order valence-corrected chi connectivity index (χ4v) is 1.27. The van der Waals surface area contributed by atoms with E-state index < -0.39 is 0 Å². The molecule has 0 atom stereocenters. The van der Waals surface area contributed by atoms with Crippen LogP contribution in [0.3, 0.4) is 0 Å². The molecule has 0 aliphatic rings. The van der Waals surface area contributed by atoms with E-state index in [1.165, 1.54) is 30.7 Å². The van der Waals surface area contributed by atoms with Crippen LogP contribution in [0.4, 0.5) is 6.01 Å². The zero-order chi connectivity index (χ0) is 12.5. The Morgan fingerprint density at radius 3 is 2.41 bits per heavy atom. The van der Waals surface area contributed by atoms with Gasteiger partial charge in [0.1, 0.15) is 6.26 Å². The summed E-state index contributed by atoms with van der Waals surface area (Å²) in [6.45, 7) is 2.20. The van der Waals surface area contributed by atoms with Gasteiger partial charge in [-0.2, -0.15) is 4.98 Å². The molecule has 1 aromatic heterocycles. The van der Waals surface area contributed by atoms with Gasteiger partial charge in [0.2, 0.25) is 0 Å². The Labute approximate surface area is 100 Å². The Hall–Kier alpha value is -2.10. The molecule has 0 bridgehead atoms. The van der Waals surface area contributed by atoms with Crippen LogP contribution < -0.4 is 11.3 Å². The SMILES string of the molecule is CCCc1ccccc1.Nc1nc(=O)cco1. The summed E-state index contributed by atoms with van der Waals surface area (Å²) in [5, 5.41) is 0. The number of benzene rings is 1. The second-order valence-corrected chi connectivity index (χ2v) is 3.44. The first kappa shape index (κ1) is 13.0. The van der Waals surface area contributed by atoms with Gasteiger partial charge in [0.15, 0.2) is 0 Å². The number of aromatic nitrogens is 1. The predicted octanol–water partition coefficient (Wildman–Crippen LogP) is 2.26. The number of hydrogen-bond donors (Lipinski definition) is 1. The van der Waals surface area contributed by atoms with Crippen molar-refractivity contribution in [3.63, 3.8) is 0 Å². The third-order valence-electron chi connectivity index (χ3n) is 2.00. The van der Waals surface area contributed by atoms with Gasteiger partial charge in [0.25, 0.3) is 11.6 Å². The van der Waals surface area contributed by atoms with Gasteiger partial charge in [-0.3, -0.25) is 4.79 Å². The van der Waals surface area contributed by atoms with E-state index in [2.05, 4.69) is 46.7 Å². The summed E-state index contributed by atoms with van der Waals surface area (Å²) in [5.74, 6) is 0. The third-order valence-corrected chi connectivity index (χ3v) is 2.00. The van der Waals surface area contributed by atoms with Crippen LogP contribution in [0.2, 0.25) is 0 Å². The summed E-state index contributed by atoms with van der Waals surface area (Å²) in [6.07, 6.45) is 3.65. The maximum Gasteiger partial charge on any atom is 0.295 e. The highest BCUT2D eigenvalue weighted by Crippen LogP contribution is 2.00. The smallest absolute Gasteiger partial charge is 0.295 e. The molecule has 17 heavy (non-hydrogen) atoms. The summed E-state index contributed by atoms with van der Waals surface area (Å²) in [5.41, 5.74) is 6.04. The highest BCUT2D eigenvalue weighted by Gasteiger charge is 1.85. The van der Waals surface area contributed by atoms with Crippen LogP contribution in [-0.4, -0.2) is 4.98 Å². The second-order valence-electron chi connectivity index (χ2n) is 3.44. The van der Waals surface area contributed by atoms with Crippen LogP contribution in [0.15, 0.2) is 51.9 Å². The van der Waals surface area contributed by atoms with E-state index >= 15 is 0 Å². The predicted molar refractivity (Wildman–Crippen MR) is 67.6 cm³/mol. The van der Waals surface area contributed by atoms with E-state index in [9.17, 15) is 4.79 Å². The van der Waals surface area contributed by atoms with Crippen LogP contribution in [0.1, 0.15) is 18.9 Å². The average molecular weight is 232 g/mol. The maximum atomic E-state index is 10.2. The quantitative estimate of drug-likeness (QED) is 0.862. The van der Waals surface area contributed by atoms with Crippen molar-refractivity contribution in [3.8, 4) is 0 Å². The molecule has 1 aromatic carbocycles. The summed E-state index contributed by atoms with van der Waals surface area (Å²) >= 11 is 0. The number of rotatable bonds is 2. The zero-order valence-corrected chi connectivity index (χ0v) is 9.80. The van der Waals surface area contributed by atoms with Crippen LogP contribution in [0, 0.1) is 0 Å². The monoisotopic (exact) mass is 232 g/mol. The topological polar surface area (TPSA) is 69.1 Å². The first-order chi connectivity index (χ1) is 8.22. The van der Waals surface area contributed by atoms with Crippen LogP contribution in [0.25, 0.3) is 0 Å². The van der Waals surface area contributed by atoms with E-state index in [4.69, 9.17) is 5.73 Å². The van der Waals surface area contributed by atoms with Gasteiger partial charge in [-0.1, -0.05) is 43.7 Å². The van der Waals surface area contributed by atoms with E-state index in [1.807, 2.05) is 0 Å². The number of nitrogens with zero attached hydrogens (tertiary/aromatic N) is 1. The third kappa shape index (κ3) is 5.51. The number of aryl methyl sites for hydroxylation is 1. The van der Waals surface area contributed by atoms with Gasteiger partial charge in [-0.15, -0.1) is 0 Å².